The summed E-state index contributed by atoms with van der Waals surface area (Å²) < 4.78 is 11.7. The third kappa shape index (κ3) is 5.74. The smallest absolute Gasteiger partial charge is 0.354 e. The van der Waals surface area contributed by atoms with Gasteiger partial charge in [-0.1, -0.05) is 6.07 Å². The van der Waals surface area contributed by atoms with E-state index >= 15 is 0 Å². The van der Waals surface area contributed by atoms with Crippen molar-refractivity contribution in [2.75, 3.05) is 13.7 Å². The number of rotatable bonds is 9. The van der Waals surface area contributed by atoms with Crippen LogP contribution in [0.3, 0.4) is 0 Å². The molecule has 0 N–H and O–H groups in total. The summed E-state index contributed by atoms with van der Waals surface area (Å²) in [6.07, 6.45) is 8.10. The van der Waals surface area contributed by atoms with E-state index in [-0.39, 0.29) is 11.9 Å². The molecule has 0 aromatic carbocycles. The minimum atomic E-state index is -0.340. The summed E-state index contributed by atoms with van der Waals surface area (Å²) in [5.41, 5.74) is 2.61. The van der Waals surface area contributed by atoms with Gasteiger partial charge >= 0.3 is 11.9 Å². The maximum absolute atomic E-state index is 12.2. The van der Waals surface area contributed by atoms with E-state index in [0.29, 0.717) is 31.7 Å². The number of carbonyl (C=O) groups excluding carboxylic acids is 2. The van der Waals surface area contributed by atoms with Crippen LogP contribution in [0.5, 0.6) is 0 Å². The van der Waals surface area contributed by atoms with Gasteiger partial charge in [0.15, 0.2) is 0 Å². The molecule has 0 saturated carbocycles. The largest absolute Gasteiger partial charge is 0.469 e. The lowest BCUT2D eigenvalue weighted by Gasteiger charge is -2.08. The third-order valence-corrected chi connectivity index (χ3v) is 3.87. The fourth-order valence-corrected chi connectivity index (χ4v) is 2.62. The highest BCUT2D eigenvalue weighted by atomic mass is 16.5. The number of esters is 2. The van der Waals surface area contributed by atoms with Gasteiger partial charge in [0.1, 0.15) is 5.69 Å². The number of hydrogen-bond acceptors (Lipinski definition) is 5. The van der Waals surface area contributed by atoms with E-state index in [0.717, 1.165) is 18.4 Å². The molecule has 6 nitrogen and oxygen atoms in total. The molecule has 134 valence electrons. The van der Waals surface area contributed by atoms with Crippen molar-refractivity contribution in [2.45, 2.75) is 39.2 Å². The number of hydrogen-bond donors (Lipinski definition) is 0. The van der Waals surface area contributed by atoms with Crippen LogP contribution in [0, 0.1) is 0 Å². The molecular formula is C19H24N2O4. The van der Waals surface area contributed by atoms with Gasteiger partial charge in [-0.05, 0) is 49.4 Å². The van der Waals surface area contributed by atoms with Crippen LogP contribution in [-0.4, -0.2) is 35.2 Å². The maximum atomic E-state index is 12.2. The first-order valence-electron chi connectivity index (χ1n) is 8.46. The lowest BCUT2D eigenvalue weighted by molar-refractivity contribution is -0.140. The summed E-state index contributed by atoms with van der Waals surface area (Å²) in [5, 5.41) is 0. The molecule has 2 aromatic heterocycles. The lowest BCUT2D eigenvalue weighted by Crippen LogP contribution is -2.12. The predicted molar refractivity (Wildman–Crippen MR) is 93.3 cm³/mol. The number of aromatic nitrogens is 2. The first-order chi connectivity index (χ1) is 12.1. The van der Waals surface area contributed by atoms with Crippen LogP contribution in [0.2, 0.25) is 0 Å². The Hall–Kier alpha value is -2.63. The van der Waals surface area contributed by atoms with Crippen molar-refractivity contribution in [3.05, 3.63) is 53.6 Å². The summed E-state index contributed by atoms with van der Waals surface area (Å²) >= 11 is 0. The maximum Gasteiger partial charge on any atom is 0.354 e. The normalized spacial score (nSPS) is 10.5. The second-order valence-corrected chi connectivity index (χ2v) is 5.69. The van der Waals surface area contributed by atoms with Gasteiger partial charge < -0.3 is 14.0 Å². The first kappa shape index (κ1) is 18.7. The molecular weight excluding hydrogens is 320 g/mol. The molecule has 0 aliphatic heterocycles. The summed E-state index contributed by atoms with van der Waals surface area (Å²) in [6, 6.07) is 5.75. The van der Waals surface area contributed by atoms with Gasteiger partial charge in [0, 0.05) is 31.6 Å². The average molecular weight is 344 g/mol. The Bertz CT molecular complexity index is 695. The van der Waals surface area contributed by atoms with E-state index in [4.69, 9.17) is 4.74 Å². The summed E-state index contributed by atoms with van der Waals surface area (Å²) in [7, 11) is 1.37. The highest BCUT2D eigenvalue weighted by Crippen LogP contribution is 2.14. The van der Waals surface area contributed by atoms with Gasteiger partial charge in [-0.25, -0.2) is 4.79 Å². The van der Waals surface area contributed by atoms with Gasteiger partial charge in [0.05, 0.1) is 13.7 Å². The van der Waals surface area contributed by atoms with Crippen molar-refractivity contribution < 1.29 is 19.1 Å². The van der Waals surface area contributed by atoms with Gasteiger partial charge in [0.2, 0.25) is 0 Å². The quantitative estimate of drug-likeness (QED) is 0.654. The molecule has 2 heterocycles. The zero-order chi connectivity index (χ0) is 18.1. The van der Waals surface area contributed by atoms with Crippen molar-refractivity contribution in [2.24, 2.45) is 0 Å². The summed E-state index contributed by atoms with van der Waals surface area (Å²) in [6.45, 7) is 2.81. The SMILES string of the molecule is CCOC(=O)c1cc(CCC(=O)OC)cn1CCCc1cccnc1. The van der Waals surface area contributed by atoms with E-state index in [1.165, 1.54) is 12.7 Å². The Balaban J connectivity index is 2.03. The van der Waals surface area contributed by atoms with E-state index in [2.05, 4.69) is 9.72 Å². The molecule has 0 radical (unpaired) electrons. The molecule has 0 amide bonds. The molecule has 0 aliphatic rings. The highest BCUT2D eigenvalue weighted by Gasteiger charge is 2.15. The highest BCUT2D eigenvalue weighted by molar-refractivity contribution is 5.88. The van der Waals surface area contributed by atoms with Crippen LogP contribution in [0.25, 0.3) is 0 Å². The summed E-state index contributed by atoms with van der Waals surface area (Å²) in [4.78, 5) is 27.6. The number of ether oxygens (including phenoxy) is 2. The topological polar surface area (TPSA) is 70.4 Å². The minimum absolute atomic E-state index is 0.262. The first-order valence-corrected chi connectivity index (χ1v) is 8.46. The molecule has 0 unspecified atom stereocenters. The minimum Gasteiger partial charge on any atom is -0.469 e. The van der Waals surface area contributed by atoms with E-state index < -0.39 is 0 Å². The van der Waals surface area contributed by atoms with Crippen molar-refractivity contribution in [1.82, 2.24) is 9.55 Å². The molecule has 25 heavy (non-hydrogen) atoms. The van der Waals surface area contributed by atoms with Gasteiger partial charge in [-0.15, -0.1) is 0 Å². The van der Waals surface area contributed by atoms with Crippen molar-refractivity contribution in [3.63, 3.8) is 0 Å². The van der Waals surface area contributed by atoms with Crippen LogP contribution in [0.15, 0.2) is 36.8 Å². The van der Waals surface area contributed by atoms with Gasteiger partial charge in [-0.2, -0.15) is 0 Å². The predicted octanol–water partition coefficient (Wildman–Crippen LogP) is 2.80. The second-order valence-electron chi connectivity index (χ2n) is 5.69. The van der Waals surface area contributed by atoms with Crippen LogP contribution >= 0.6 is 0 Å². The van der Waals surface area contributed by atoms with E-state index in [1.54, 1.807) is 19.2 Å². The van der Waals surface area contributed by atoms with Crippen LogP contribution in [0.4, 0.5) is 0 Å². The fourth-order valence-electron chi connectivity index (χ4n) is 2.62. The van der Waals surface area contributed by atoms with Crippen molar-refractivity contribution in [1.29, 1.82) is 0 Å². The van der Waals surface area contributed by atoms with Crippen LogP contribution in [0.1, 0.15) is 41.4 Å². The van der Waals surface area contributed by atoms with E-state index in [1.807, 2.05) is 29.1 Å². The van der Waals surface area contributed by atoms with Crippen molar-refractivity contribution >= 4 is 11.9 Å². The molecule has 2 rings (SSSR count). The second kappa shape index (κ2) is 9.61. The molecule has 2 aromatic rings. The molecule has 0 spiro atoms. The average Bonchev–Trinajstić information content (AvgIpc) is 3.04. The van der Waals surface area contributed by atoms with Crippen LogP contribution < -0.4 is 0 Å². The number of methoxy groups -OCH3 is 1. The Kier molecular flexibility index (Phi) is 7.19. The number of carbonyl (C=O) groups is 2. The Morgan fingerprint density at radius 3 is 2.76 bits per heavy atom. The number of pyridine rings is 1. The zero-order valence-corrected chi connectivity index (χ0v) is 14.7. The Morgan fingerprint density at radius 2 is 2.08 bits per heavy atom. The van der Waals surface area contributed by atoms with Crippen LogP contribution in [-0.2, 0) is 33.7 Å². The van der Waals surface area contributed by atoms with Gasteiger partial charge in [-0.3, -0.25) is 9.78 Å². The van der Waals surface area contributed by atoms with E-state index in [9.17, 15) is 9.59 Å². The number of aryl methyl sites for hydroxylation is 3. The van der Waals surface area contributed by atoms with Gasteiger partial charge in [0.25, 0.3) is 0 Å². The van der Waals surface area contributed by atoms with Crippen molar-refractivity contribution in [3.8, 4) is 0 Å². The molecule has 6 heteroatoms. The third-order valence-electron chi connectivity index (χ3n) is 3.87. The molecule has 0 atom stereocenters. The number of nitrogens with zero attached hydrogens (tertiary/aromatic N) is 2. The Morgan fingerprint density at radius 1 is 1.24 bits per heavy atom. The standard InChI is InChI=1S/C19H24N2O4/c1-3-25-19(23)17-12-16(8-9-18(22)24-2)14-21(17)11-5-7-15-6-4-10-20-13-15/h4,6,10,12-14H,3,5,7-9,11H2,1-2H3. The molecule has 0 saturated heterocycles. The molecule has 0 aliphatic carbocycles. The molecule has 0 bridgehead atoms. The molecule has 0 fully saturated rings. The fraction of sp³-hybridized carbons (Fsp3) is 0.421. The Labute approximate surface area is 147 Å². The zero-order valence-electron chi connectivity index (χ0n) is 14.7. The lowest BCUT2D eigenvalue weighted by atomic mass is 10.1. The monoisotopic (exact) mass is 344 g/mol. The summed E-state index contributed by atoms with van der Waals surface area (Å²) in [5.74, 6) is -0.602.